The molecule has 2 amide bonds. The van der Waals surface area contributed by atoms with E-state index in [0.717, 1.165) is 0 Å². The SMILES string of the molecule is CN1C(=O)[C@@H]2[C@H](C1=O)C(C)(C)C2(C)C. The van der Waals surface area contributed by atoms with Gasteiger partial charge < -0.3 is 0 Å². The Balaban J connectivity index is 2.46. The van der Waals surface area contributed by atoms with E-state index < -0.39 is 0 Å². The summed E-state index contributed by atoms with van der Waals surface area (Å²) in [7, 11) is 1.59. The molecular weight excluding hydrogens is 178 g/mol. The van der Waals surface area contributed by atoms with E-state index in [4.69, 9.17) is 0 Å². The Kier molecular flexibility index (Phi) is 1.53. The summed E-state index contributed by atoms with van der Waals surface area (Å²) in [6, 6.07) is 0. The van der Waals surface area contributed by atoms with Crippen molar-refractivity contribution in [2.75, 3.05) is 7.05 Å². The number of carbonyl (C=O) groups excluding carboxylic acids is 2. The molecule has 0 aromatic carbocycles. The van der Waals surface area contributed by atoms with Gasteiger partial charge in [-0.05, 0) is 10.8 Å². The average molecular weight is 195 g/mol. The number of carbonyl (C=O) groups is 2. The minimum Gasteiger partial charge on any atom is -0.285 e. The molecule has 14 heavy (non-hydrogen) atoms. The second kappa shape index (κ2) is 2.20. The quantitative estimate of drug-likeness (QED) is 0.546. The Morgan fingerprint density at radius 3 is 1.50 bits per heavy atom. The van der Waals surface area contributed by atoms with Crippen molar-refractivity contribution < 1.29 is 9.59 Å². The highest BCUT2D eigenvalue weighted by Gasteiger charge is 2.71. The predicted octanol–water partition coefficient (Wildman–Crippen LogP) is 1.28. The van der Waals surface area contributed by atoms with Crippen molar-refractivity contribution in [1.82, 2.24) is 4.90 Å². The number of amides is 2. The van der Waals surface area contributed by atoms with Crippen LogP contribution in [0.15, 0.2) is 0 Å². The van der Waals surface area contributed by atoms with E-state index in [-0.39, 0.29) is 34.5 Å². The third kappa shape index (κ3) is 0.711. The summed E-state index contributed by atoms with van der Waals surface area (Å²) in [5, 5.41) is 0. The van der Waals surface area contributed by atoms with Gasteiger partial charge in [-0.25, -0.2) is 0 Å². The number of nitrogens with zero attached hydrogens (tertiary/aromatic N) is 1. The van der Waals surface area contributed by atoms with E-state index in [1.54, 1.807) is 7.05 Å². The first-order chi connectivity index (χ1) is 6.23. The van der Waals surface area contributed by atoms with E-state index >= 15 is 0 Å². The van der Waals surface area contributed by atoms with Gasteiger partial charge in [-0.1, -0.05) is 27.7 Å². The number of hydrogen-bond acceptors (Lipinski definition) is 2. The van der Waals surface area contributed by atoms with Crippen LogP contribution in [0.3, 0.4) is 0 Å². The number of likely N-dealkylation sites (tertiary alicyclic amines) is 1. The van der Waals surface area contributed by atoms with Gasteiger partial charge in [-0.2, -0.15) is 0 Å². The van der Waals surface area contributed by atoms with E-state index in [1.165, 1.54) is 4.90 Å². The third-order valence-corrected chi connectivity index (χ3v) is 4.74. The van der Waals surface area contributed by atoms with Gasteiger partial charge in [-0.3, -0.25) is 14.5 Å². The van der Waals surface area contributed by atoms with Crippen molar-refractivity contribution in [2.45, 2.75) is 27.7 Å². The molecule has 1 aliphatic heterocycles. The van der Waals surface area contributed by atoms with Crippen LogP contribution in [0, 0.1) is 22.7 Å². The summed E-state index contributed by atoms with van der Waals surface area (Å²) in [6.45, 7) is 8.33. The summed E-state index contributed by atoms with van der Waals surface area (Å²) in [6.07, 6.45) is 0. The van der Waals surface area contributed by atoms with Crippen molar-refractivity contribution in [3.05, 3.63) is 0 Å². The summed E-state index contributed by atoms with van der Waals surface area (Å²) in [5.41, 5.74) is -0.121. The topological polar surface area (TPSA) is 37.4 Å². The van der Waals surface area contributed by atoms with Crippen LogP contribution in [0.25, 0.3) is 0 Å². The molecule has 1 saturated heterocycles. The summed E-state index contributed by atoms with van der Waals surface area (Å²) in [5.74, 6) is -0.168. The van der Waals surface area contributed by atoms with Crippen LogP contribution in [-0.4, -0.2) is 23.8 Å². The molecule has 0 N–H and O–H groups in total. The lowest BCUT2D eigenvalue weighted by molar-refractivity contribution is -0.172. The van der Waals surface area contributed by atoms with Gasteiger partial charge in [-0.15, -0.1) is 0 Å². The van der Waals surface area contributed by atoms with Crippen molar-refractivity contribution in [1.29, 1.82) is 0 Å². The Labute approximate surface area is 84.5 Å². The maximum atomic E-state index is 11.8. The highest BCUT2D eigenvalue weighted by molar-refractivity contribution is 6.07. The van der Waals surface area contributed by atoms with Crippen molar-refractivity contribution in [3.8, 4) is 0 Å². The molecule has 2 fully saturated rings. The van der Waals surface area contributed by atoms with Gasteiger partial charge in [0.2, 0.25) is 11.8 Å². The monoisotopic (exact) mass is 195 g/mol. The molecule has 1 saturated carbocycles. The first kappa shape index (κ1) is 9.69. The molecule has 1 heterocycles. The lowest BCUT2D eigenvalue weighted by Crippen LogP contribution is -2.61. The van der Waals surface area contributed by atoms with Gasteiger partial charge in [0, 0.05) is 7.05 Å². The molecule has 2 atom stereocenters. The van der Waals surface area contributed by atoms with E-state index in [9.17, 15) is 9.59 Å². The fourth-order valence-corrected chi connectivity index (χ4v) is 2.97. The lowest BCUT2D eigenvalue weighted by Gasteiger charge is -2.59. The Bertz CT molecular complexity index is 298. The van der Waals surface area contributed by atoms with Crippen LogP contribution >= 0.6 is 0 Å². The van der Waals surface area contributed by atoms with Gasteiger partial charge in [0.05, 0.1) is 11.8 Å². The summed E-state index contributed by atoms with van der Waals surface area (Å²) in [4.78, 5) is 24.9. The standard InChI is InChI=1S/C11H17NO2/c1-10(2)6-7(11(10,3)4)9(14)12(5)8(6)13/h6-7H,1-5H3/t6-,7+. The molecule has 2 rings (SSSR count). The summed E-state index contributed by atoms with van der Waals surface area (Å²) >= 11 is 0. The number of fused-ring (bicyclic) bond motifs is 1. The molecule has 0 aromatic heterocycles. The molecule has 0 spiro atoms. The van der Waals surface area contributed by atoms with E-state index in [2.05, 4.69) is 27.7 Å². The molecular formula is C11H17NO2. The lowest BCUT2D eigenvalue weighted by atomic mass is 9.41. The molecule has 1 aliphatic carbocycles. The third-order valence-electron chi connectivity index (χ3n) is 4.74. The predicted molar refractivity (Wildman–Crippen MR) is 52.3 cm³/mol. The van der Waals surface area contributed by atoms with E-state index in [0.29, 0.717) is 0 Å². The molecule has 3 heteroatoms. The van der Waals surface area contributed by atoms with Gasteiger partial charge >= 0.3 is 0 Å². The smallest absolute Gasteiger partial charge is 0.233 e. The largest absolute Gasteiger partial charge is 0.285 e. The Hall–Kier alpha value is -0.860. The normalized spacial score (nSPS) is 38.2. The maximum Gasteiger partial charge on any atom is 0.233 e. The van der Waals surface area contributed by atoms with Crippen molar-refractivity contribution in [2.24, 2.45) is 22.7 Å². The van der Waals surface area contributed by atoms with Crippen LogP contribution in [0.1, 0.15) is 27.7 Å². The molecule has 0 unspecified atom stereocenters. The Morgan fingerprint density at radius 1 is 0.929 bits per heavy atom. The molecule has 0 aromatic rings. The maximum absolute atomic E-state index is 11.8. The zero-order valence-electron chi connectivity index (χ0n) is 9.42. The molecule has 0 radical (unpaired) electrons. The zero-order valence-corrected chi connectivity index (χ0v) is 9.42. The second-order valence-electron chi connectivity index (χ2n) is 5.63. The molecule has 2 aliphatic rings. The highest BCUT2D eigenvalue weighted by Crippen LogP contribution is 2.67. The number of hydrogen-bond donors (Lipinski definition) is 0. The second-order valence-corrected chi connectivity index (χ2v) is 5.63. The molecule has 0 bridgehead atoms. The van der Waals surface area contributed by atoms with Gasteiger partial charge in [0.15, 0.2) is 0 Å². The minimum atomic E-state index is -0.0880. The number of imide groups is 1. The van der Waals surface area contributed by atoms with Gasteiger partial charge in [0.1, 0.15) is 0 Å². The average Bonchev–Trinajstić information content (AvgIpc) is 2.29. The van der Waals surface area contributed by atoms with E-state index in [1.807, 2.05) is 0 Å². The first-order valence-corrected chi connectivity index (χ1v) is 5.04. The molecule has 3 nitrogen and oxygen atoms in total. The fourth-order valence-electron chi connectivity index (χ4n) is 2.97. The van der Waals surface area contributed by atoms with Crippen LogP contribution < -0.4 is 0 Å². The van der Waals surface area contributed by atoms with Gasteiger partial charge in [0.25, 0.3) is 0 Å². The Morgan fingerprint density at radius 2 is 1.21 bits per heavy atom. The van der Waals surface area contributed by atoms with Crippen molar-refractivity contribution in [3.63, 3.8) is 0 Å². The van der Waals surface area contributed by atoms with Crippen LogP contribution in [0.4, 0.5) is 0 Å². The van der Waals surface area contributed by atoms with Crippen LogP contribution in [-0.2, 0) is 9.59 Å². The van der Waals surface area contributed by atoms with Crippen molar-refractivity contribution >= 4 is 11.8 Å². The first-order valence-electron chi connectivity index (χ1n) is 5.04. The summed E-state index contributed by atoms with van der Waals surface area (Å²) < 4.78 is 0. The fraction of sp³-hybridized carbons (Fsp3) is 0.818. The highest BCUT2D eigenvalue weighted by atomic mass is 16.2. The number of rotatable bonds is 0. The minimum absolute atomic E-state index is 0.00400. The molecule has 78 valence electrons. The zero-order chi connectivity index (χ0) is 10.9. The van der Waals surface area contributed by atoms with Crippen LogP contribution in [0.2, 0.25) is 0 Å². The van der Waals surface area contributed by atoms with Crippen LogP contribution in [0.5, 0.6) is 0 Å².